The number of rotatable bonds is 3. The molecule has 0 unspecified atom stereocenters. The number of esters is 1. The quantitative estimate of drug-likeness (QED) is 0.793. The Labute approximate surface area is 105 Å². The predicted molar refractivity (Wildman–Crippen MR) is 57.2 cm³/mol. The van der Waals surface area contributed by atoms with E-state index in [1.165, 1.54) is 6.07 Å². The molecular formula is C10H7Cl2F3O2. The third-order valence-electron chi connectivity index (χ3n) is 1.85. The highest BCUT2D eigenvalue weighted by Crippen LogP contribution is 2.22. The van der Waals surface area contributed by atoms with E-state index in [9.17, 15) is 18.0 Å². The minimum Gasteiger partial charge on any atom is -0.459 e. The van der Waals surface area contributed by atoms with E-state index in [-0.39, 0.29) is 13.0 Å². The highest BCUT2D eigenvalue weighted by atomic mass is 35.5. The maximum Gasteiger partial charge on any atom is 0.490 e. The van der Waals surface area contributed by atoms with Crippen LogP contribution < -0.4 is 0 Å². The highest BCUT2D eigenvalue weighted by Gasteiger charge is 2.40. The second-order valence-corrected chi connectivity index (χ2v) is 3.96. The van der Waals surface area contributed by atoms with Crippen molar-refractivity contribution in [1.82, 2.24) is 0 Å². The zero-order chi connectivity index (χ0) is 13.1. The zero-order valence-electron chi connectivity index (χ0n) is 8.35. The van der Waals surface area contributed by atoms with Gasteiger partial charge in [-0.15, -0.1) is 0 Å². The zero-order valence-corrected chi connectivity index (χ0v) is 9.86. The number of benzene rings is 1. The number of hydrogen-bond acceptors (Lipinski definition) is 2. The summed E-state index contributed by atoms with van der Waals surface area (Å²) in [4.78, 5) is 10.4. The molecule has 0 aliphatic rings. The second kappa shape index (κ2) is 5.60. The summed E-state index contributed by atoms with van der Waals surface area (Å²) in [7, 11) is 0. The number of carbonyl (C=O) groups excluding carboxylic acids is 1. The van der Waals surface area contributed by atoms with Gasteiger partial charge in [0.1, 0.15) is 0 Å². The summed E-state index contributed by atoms with van der Waals surface area (Å²) in [5, 5.41) is 0.742. The Morgan fingerprint density at radius 2 is 1.94 bits per heavy atom. The number of ether oxygens (including phenoxy) is 1. The lowest BCUT2D eigenvalue weighted by molar-refractivity contribution is -0.199. The first-order valence-corrected chi connectivity index (χ1v) is 5.24. The molecule has 1 aromatic carbocycles. The van der Waals surface area contributed by atoms with Crippen molar-refractivity contribution in [2.24, 2.45) is 0 Å². The molecule has 0 aliphatic carbocycles. The Hall–Kier alpha value is -0.940. The van der Waals surface area contributed by atoms with Crippen LogP contribution in [-0.4, -0.2) is 18.8 Å². The number of halogens is 5. The third-order valence-corrected chi connectivity index (χ3v) is 2.44. The highest BCUT2D eigenvalue weighted by molar-refractivity contribution is 6.35. The van der Waals surface area contributed by atoms with Crippen LogP contribution >= 0.6 is 23.2 Å². The van der Waals surface area contributed by atoms with E-state index in [2.05, 4.69) is 4.74 Å². The van der Waals surface area contributed by atoms with Gasteiger partial charge >= 0.3 is 12.1 Å². The lowest BCUT2D eigenvalue weighted by Crippen LogP contribution is -2.26. The van der Waals surface area contributed by atoms with Gasteiger partial charge in [0.25, 0.3) is 0 Å². The van der Waals surface area contributed by atoms with Gasteiger partial charge < -0.3 is 4.74 Å². The van der Waals surface area contributed by atoms with E-state index in [1.54, 1.807) is 12.1 Å². The van der Waals surface area contributed by atoms with Crippen molar-refractivity contribution >= 4 is 29.2 Å². The Bertz CT molecular complexity index is 419. The molecule has 1 aromatic rings. The molecule has 0 aliphatic heterocycles. The van der Waals surface area contributed by atoms with E-state index >= 15 is 0 Å². The van der Waals surface area contributed by atoms with Crippen molar-refractivity contribution in [2.45, 2.75) is 12.6 Å². The molecule has 2 nitrogen and oxygen atoms in total. The van der Waals surface area contributed by atoms with Crippen LogP contribution in [0.5, 0.6) is 0 Å². The van der Waals surface area contributed by atoms with Crippen LogP contribution in [0.15, 0.2) is 18.2 Å². The van der Waals surface area contributed by atoms with Crippen LogP contribution in [0.3, 0.4) is 0 Å². The predicted octanol–water partition coefficient (Wildman–Crippen LogP) is 3.64. The van der Waals surface area contributed by atoms with Crippen molar-refractivity contribution in [1.29, 1.82) is 0 Å². The molecule has 0 radical (unpaired) electrons. The van der Waals surface area contributed by atoms with Gasteiger partial charge in [0.05, 0.1) is 6.61 Å². The Kier molecular flexibility index (Phi) is 4.65. The molecule has 0 amide bonds. The first-order valence-electron chi connectivity index (χ1n) is 4.48. The number of hydrogen-bond donors (Lipinski definition) is 0. The second-order valence-electron chi connectivity index (χ2n) is 3.12. The SMILES string of the molecule is O=C(OCCc1ccc(Cl)cc1Cl)C(F)(F)F. The molecule has 0 aromatic heterocycles. The summed E-state index contributed by atoms with van der Waals surface area (Å²) in [6, 6.07) is 4.57. The lowest BCUT2D eigenvalue weighted by Gasteiger charge is -2.08. The van der Waals surface area contributed by atoms with Gasteiger partial charge in [-0.05, 0) is 17.7 Å². The largest absolute Gasteiger partial charge is 0.490 e. The first kappa shape index (κ1) is 14.1. The van der Waals surface area contributed by atoms with Crippen LogP contribution in [0.25, 0.3) is 0 Å². The minimum absolute atomic E-state index is 0.0951. The molecule has 7 heteroatoms. The monoisotopic (exact) mass is 286 g/mol. The molecular weight excluding hydrogens is 280 g/mol. The van der Waals surface area contributed by atoms with Crippen LogP contribution in [0.2, 0.25) is 10.0 Å². The van der Waals surface area contributed by atoms with E-state index in [4.69, 9.17) is 23.2 Å². The van der Waals surface area contributed by atoms with Crippen LogP contribution in [0, 0.1) is 0 Å². The molecule has 0 bridgehead atoms. The Morgan fingerprint density at radius 3 is 2.47 bits per heavy atom. The number of alkyl halides is 3. The summed E-state index contributed by atoms with van der Waals surface area (Å²) in [5.41, 5.74) is 0.561. The standard InChI is InChI=1S/C10H7Cl2F3O2/c11-7-2-1-6(8(12)5-7)3-4-17-9(16)10(13,14)15/h1-2,5H,3-4H2. The summed E-state index contributed by atoms with van der Waals surface area (Å²) < 4.78 is 39.4. The molecule has 1 rings (SSSR count). The third kappa shape index (κ3) is 4.44. The maximum absolute atomic E-state index is 11.8. The fourth-order valence-electron chi connectivity index (χ4n) is 1.06. The fraction of sp³-hybridized carbons (Fsp3) is 0.300. The average Bonchev–Trinajstić information content (AvgIpc) is 2.19. The maximum atomic E-state index is 11.8. The molecule has 0 heterocycles. The number of carbonyl (C=O) groups is 1. The minimum atomic E-state index is -4.97. The van der Waals surface area contributed by atoms with Gasteiger partial charge in [-0.25, -0.2) is 4.79 Å². The Balaban J connectivity index is 2.49. The summed E-state index contributed by atoms with van der Waals surface area (Å²) in [5.74, 6) is -2.21. The molecule has 0 fully saturated rings. The van der Waals surface area contributed by atoms with Crippen LogP contribution in [-0.2, 0) is 16.0 Å². The molecule has 0 saturated heterocycles. The summed E-state index contributed by atoms with van der Waals surface area (Å²) >= 11 is 11.4. The molecule has 94 valence electrons. The summed E-state index contributed by atoms with van der Waals surface area (Å²) in [6.07, 6.45) is -4.87. The average molecular weight is 287 g/mol. The van der Waals surface area contributed by atoms with Crippen molar-refractivity contribution in [3.8, 4) is 0 Å². The Morgan fingerprint density at radius 1 is 1.29 bits per heavy atom. The van der Waals surface area contributed by atoms with Crippen molar-refractivity contribution in [2.75, 3.05) is 6.61 Å². The fourth-order valence-corrected chi connectivity index (χ4v) is 1.56. The van der Waals surface area contributed by atoms with Gasteiger partial charge in [0, 0.05) is 16.5 Å². The van der Waals surface area contributed by atoms with Crippen molar-refractivity contribution < 1.29 is 22.7 Å². The van der Waals surface area contributed by atoms with E-state index in [1.807, 2.05) is 0 Å². The van der Waals surface area contributed by atoms with Crippen molar-refractivity contribution in [3.05, 3.63) is 33.8 Å². The van der Waals surface area contributed by atoms with E-state index in [0.29, 0.717) is 15.6 Å². The molecule has 0 saturated carbocycles. The molecule has 0 atom stereocenters. The normalized spacial score (nSPS) is 11.4. The lowest BCUT2D eigenvalue weighted by atomic mass is 10.2. The molecule has 17 heavy (non-hydrogen) atoms. The molecule has 0 N–H and O–H groups in total. The van der Waals surface area contributed by atoms with Crippen LogP contribution in [0.1, 0.15) is 5.56 Å². The van der Waals surface area contributed by atoms with Gasteiger partial charge in [-0.1, -0.05) is 29.3 Å². The van der Waals surface area contributed by atoms with E-state index in [0.717, 1.165) is 0 Å². The van der Waals surface area contributed by atoms with Gasteiger partial charge in [-0.3, -0.25) is 0 Å². The first-order chi connectivity index (χ1) is 7.80. The smallest absolute Gasteiger partial charge is 0.459 e. The summed E-state index contributed by atoms with van der Waals surface area (Å²) in [6.45, 7) is -0.389. The van der Waals surface area contributed by atoms with Gasteiger partial charge in [0.2, 0.25) is 0 Å². The van der Waals surface area contributed by atoms with Crippen LogP contribution in [0.4, 0.5) is 13.2 Å². The van der Waals surface area contributed by atoms with Crippen molar-refractivity contribution in [3.63, 3.8) is 0 Å². The van der Waals surface area contributed by atoms with E-state index < -0.39 is 12.1 Å². The molecule has 0 spiro atoms. The van der Waals surface area contributed by atoms with Gasteiger partial charge in [0.15, 0.2) is 0 Å². The van der Waals surface area contributed by atoms with Gasteiger partial charge in [-0.2, -0.15) is 13.2 Å². The topological polar surface area (TPSA) is 26.3 Å².